The van der Waals surface area contributed by atoms with Crippen LogP contribution in [0.1, 0.15) is 22.3 Å². The second-order valence-corrected chi connectivity index (χ2v) is 6.05. The summed E-state index contributed by atoms with van der Waals surface area (Å²) in [5.74, 6) is 3.72. The minimum Gasteiger partial charge on any atom is -0.493 e. The second kappa shape index (κ2) is 6.78. The molecule has 0 aliphatic rings. The van der Waals surface area contributed by atoms with Gasteiger partial charge in [-0.05, 0) is 43.8 Å². The SMILES string of the molecule is COc1cccc(C=Pc2c(C)cc(C)cc2C)c1OC. The van der Waals surface area contributed by atoms with Gasteiger partial charge in [0.1, 0.15) is 0 Å². The van der Waals surface area contributed by atoms with Crippen LogP contribution in [-0.4, -0.2) is 20.0 Å². The van der Waals surface area contributed by atoms with Gasteiger partial charge in [0.05, 0.1) is 14.2 Å². The predicted molar refractivity (Wildman–Crippen MR) is 91.9 cm³/mol. The summed E-state index contributed by atoms with van der Waals surface area (Å²) in [6.07, 6.45) is 0. The van der Waals surface area contributed by atoms with E-state index in [1.807, 2.05) is 18.2 Å². The Morgan fingerprint density at radius 1 is 0.952 bits per heavy atom. The Labute approximate surface area is 128 Å². The van der Waals surface area contributed by atoms with Crippen molar-refractivity contribution in [2.24, 2.45) is 0 Å². The fourth-order valence-electron chi connectivity index (χ4n) is 2.52. The zero-order valence-corrected chi connectivity index (χ0v) is 14.1. The standard InChI is InChI=1S/C18H21O2P/c1-12-9-13(2)18(14(3)10-12)21-11-15-7-6-8-16(19-4)17(15)20-5/h6-11H,1-5H3. The first-order chi connectivity index (χ1) is 10.1. The van der Waals surface area contributed by atoms with Crippen LogP contribution in [0.2, 0.25) is 0 Å². The minimum atomic E-state index is 0.763. The monoisotopic (exact) mass is 300 g/mol. The van der Waals surface area contributed by atoms with Crippen molar-refractivity contribution in [2.75, 3.05) is 14.2 Å². The van der Waals surface area contributed by atoms with Gasteiger partial charge in [-0.25, -0.2) is 0 Å². The zero-order chi connectivity index (χ0) is 15.4. The van der Waals surface area contributed by atoms with Crippen LogP contribution < -0.4 is 14.8 Å². The third-order valence-electron chi connectivity index (χ3n) is 3.40. The molecule has 2 nitrogen and oxygen atoms in total. The predicted octanol–water partition coefficient (Wildman–Crippen LogP) is 4.05. The van der Waals surface area contributed by atoms with Gasteiger partial charge in [0.25, 0.3) is 0 Å². The van der Waals surface area contributed by atoms with Crippen LogP contribution in [0, 0.1) is 20.8 Å². The number of benzene rings is 2. The van der Waals surface area contributed by atoms with Gasteiger partial charge in [-0.1, -0.05) is 38.0 Å². The van der Waals surface area contributed by atoms with Crippen LogP contribution in [0.25, 0.3) is 0 Å². The van der Waals surface area contributed by atoms with Gasteiger partial charge in [0.2, 0.25) is 0 Å². The molecule has 21 heavy (non-hydrogen) atoms. The van der Waals surface area contributed by atoms with E-state index in [9.17, 15) is 0 Å². The van der Waals surface area contributed by atoms with Crippen molar-refractivity contribution in [3.05, 3.63) is 52.6 Å². The quantitative estimate of drug-likeness (QED) is 0.793. The summed E-state index contributed by atoms with van der Waals surface area (Å²) < 4.78 is 10.8. The lowest BCUT2D eigenvalue weighted by molar-refractivity contribution is 0.354. The molecular formula is C18H21O2P. The molecule has 0 saturated heterocycles. The van der Waals surface area contributed by atoms with Crippen molar-refractivity contribution in [3.63, 3.8) is 0 Å². The van der Waals surface area contributed by atoms with Crippen LogP contribution in [0.4, 0.5) is 0 Å². The number of hydrogen-bond donors (Lipinski definition) is 0. The minimum absolute atomic E-state index is 0.763. The summed E-state index contributed by atoms with van der Waals surface area (Å²) in [5, 5.41) is 1.35. The first-order valence-corrected chi connectivity index (χ1v) is 7.86. The molecule has 3 heteroatoms. The van der Waals surface area contributed by atoms with E-state index in [1.165, 1.54) is 30.2 Å². The number of rotatable bonds is 4. The van der Waals surface area contributed by atoms with Crippen LogP contribution in [0.3, 0.4) is 0 Å². The van der Waals surface area contributed by atoms with Gasteiger partial charge in [-0.3, -0.25) is 0 Å². The molecule has 0 fully saturated rings. The number of hydrogen-bond acceptors (Lipinski definition) is 2. The largest absolute Gasteiger partial charge is 0.493 e. The average molecular weight is 300 g/mol. The summed E-state index contributed by atoms with van der Waals surface area (Å²) in [4.78, 5) is 0. The summed E-state index contributed by atoms with van der Waals surface area (Å²) in [5.41, 5.74) is 5.01. The van der Waals surface area contributed by atoms with E-state index in [2.05, 4.69) is 38.7 Å². The lowest BCUT2D eigenvalue weighted by Gasteiger charge is -2.10. The summed E-state index contributed by atoms with van der Waals surface area (Å²) in [6, 6.07) is 10.4. The fourth-order valence-corrected chi connectivity index (χ4v) is 3.53. The van der Waals surface area contributed by atoms with Gasteiger partial charge < -0.3 is 9.47 Å². The van der Waals surface area contributed by atoms with Crippen LogP contribution in [0.15, 0.2) is 30.3 Å². The normalized spacial score (nSPS) is 10.9. The van der Waals surface area contributed by atoms with E-state index < -0.39 is 0 Å². The van der Waals surface area contributed by atoms with E-state index in [0.717, 1.165) is 17.1 Å². The first kappa shape index (κ1) is 15.6. The van der Waals surface area contributed by atoms with Crippen molar-refractivity contribution in [1.82, 2.24) is 0 Å². The first-order valence-electron chi connectivity index (χ1n) is 6.89. The molecule has 110 valence electrons. The Balaban J connectivity index is 2.43. The lowest BCUT2D eigenvalue weighted by atomic mass is 10.1. The Bertz CT molecular complexity index is 652. The highest BCUT2D eigenvalue weighted by Crippen LogP contribution is 2.30. The molecule has 0 N–H and O–H groups in total. The summed E-state index contributed by atoms with van der Waals surface area (Å²) in [6.45, 7) is 6.47. The lowest BCUT2D eigenvalue weighted by Crippen LogP contribution is -2.04. The molecule has 0 amide bonds. The van der Waals surface area contributed by atoms with E-state index in [0.29, 0.717) is 0 Å². The van der Waals surface area contributed by atoms with Crippen LogP contribution >= 0.6 is 8.20 Å². The van der Waals surface area contributed by atoms with Crippen molar-refractivity contribution >= 4 is 19.3 Å². The molecule has 0 atom stereocenters. The van der Waals surface area contributed by atoms with Crippen LogP contribution in [0.5, 0.6) is 11.5 Å². The molecule has 0 unspecified atom stereocenters. The van der Waals surface area contributed by atoms with E-state index in [-0.39, 0.29) is 0 Å². The number of methoxy groups -OCH3 is 2. The molecule has 0 saturated carbocycles. The van der Waals surface area contributed by atoms with Gasteiger partial charge >= 0.3 is 0 Å². The highest BCUT2D eigenvalue weighted by atomic mass is 31.1. The number of ether oxygens (including phenoxy) is 2. The number of para-hydroxylation sites is 1. The highest BCUT2D eigenvalue weighted by molar-refractivity contribution is 7.48. The smallest absolute Gasteiger partial charge is 0.168 e. The van der Waals surface area contributed by atoms with Crippen molar-refractivity contribution in [2.45, 2.75) is 20.8 Å². The second-order valence-electron chi connectivity index (χ2n) is 5.09. The van der Waals surface area contributed by atoms with E-state index in [1.54, 1.807) is 14.2 Å². The molecular weight excluding hydrogens is 279 g/mol. The molecule has 2 aromatic carbocycles. The zero-order valence-electron chi connectivity index (χ0n) is 13.2. The Morgan fingerprint density at radius 2 is 1.62 bits per heavy atom. The Morgan fingerprint density at radius 3 is 2.19 bits per heavy atom. The van der Waals surface area contributed by atoms with Gasteiger partial charge in [-0.15, -0.1) is 0 Å². The molecule has 2 aromatic rings. The van der Waals surface area contributed by atoms with Crippen molar-refractivity contribution < 1.29 is 9.47 Å². The topological polar surface area (TPSA) is 18.5 Å². The maximum Gasteiger partial charge on any atom is 0.168 e. The molecule has 0 aromatic heterocycles. The van der Waals surface area contributed by atoms with Crippen molar-refractivity contribution in [1.29, 1.82) is 0 Å². The molecule has 0 radical (unpaired) electrons. The maximum atomic E-state index is 5.47. The molecule has 2 rings (SSSR count). The third-order valence-corrected chi connectivity index (χ3v) is 4.77. The van der Waals surface area contributed by atoms with Crippen LogP contribution in [-0.2, 0) is 0 Å². The van der Waals surface area contributed by atoms with E-state index in [4.69, 9.17) is 9.47 Å². The summed E-state index contributed by atoms with van der Waals surface area (Å²) in [7, 11) is 4.50. The number of aryl methyl sites for hydroxylation is 3. The van der Waals surface area contributed by atoms with Gasteiger partial charge in [0.15, 0.2) is 11.5 Å². The van der Waals surface area contributed by atoms with Gasteiger partial charge in [-0.2, -0.15) is 0 Å². The average Bonchev–Trinajstić information content (AvgIpc) is 2.45. The Hall–Kier alpha value is -1.79. The highest BCUT2D eigenvalue weighted by Gasteiger charge is 2.07. The molecule has 0 bridgehead atoms. The van der Waals surface area contributed by atoms with E-state index >= 15 is 0 Å². The molecule has 0 heterocycles. The Kier molecular flexibility index (Phi) is 5.03. The van der Waals surface area contributed by atoms with Crippen molar-refractivity contribution in [3.8, 4) is 11.5 Å². The summed E-state index contributed by atoms with van der Waals surface area (Å²) >= 11 is 0. The maximum absolute atomic E-state index is 5.47. The molecule has 0 aliphatic heterocycles. The van der Waals surface area contributed by atoms with Gasteiger partial charge in [0, 0.05) is 10.9 Å². The molecule has 0 aliphatic carbocycles. The third kappa shape index (κ3) is 3.46. The molecule has 0 spiro atoms. The fraction of sp³-hybridized carbons (Fsp3) is 0.278.